The van der Waals surface area contributed by atoms with Crippen LogP contribution in [-0.2, 0) is 0 Å². The van der Waals surface area contributed by atoms with Gasteiger partial charge in [0.1, 0.15) is 0 Å². The first-order valence-corrected chi connectivity index (χ1v) is 5.76. The lowest BCUT2D eigenvalue weighted by atomic mass is 10.1. The van der Waals surface area contributed by atoms with E-state index < -0.39 is 10.7 Å². The number of nitro benzene ring substituents is 1. The van der Waals surface area contributed by atoms with Crippen molar-refractivity contribution in [2.24, 2.45) is 5.92 Å². The molecule has 4 nitrogen and oxygen atoms in total. The van der Waals surface area contributed by atoms with Crippen molar-refractivity contribution >= 4 is 11.4 Å². The van der Waals surface area contributed by atoms with Gasteiger partial charge in [0.25, 0.3) is 5.69 Å². The van der Waals surface area contributed by atoms with Gasteiger partial charge in [0, 0.05) is 12.1 Å². The van der Waals surface area contributed by atoms with Gasteiger partial charge in [-0.3, -0.25) is 10.1 Å². The standard InChI is InChI=1S/C12H15FN2O2/c1-8(6-9-2-3-9)14-12-5-4-10(15(16)17)7-11(12)13/h4-5,7-9,14H,2-3,6H2,1H3. The van der Waals surface area contributed by atoms with E-state index in [-0.39, 0.29) is 11.7 Å². The van der Waals surface area contributed by atoms with Crippen molar-refractivity contribution in [3.05, 3.63) is 34.1 Å². The lowest BCUT2D eigenvalue weighted by molar-refractivity contribution is -0.385. The summed E-state index contributed by atoms with van der Waals surface area (Å²) in [4.78, 5) is 9.86. The van der Waals surface area contributed by atoms with Crippen LogP contribution in [0.15, 0.2) is 18.2 Å². The number of hydrogen-bond donors (Lipinski definition) is 1. The molecule has 0 bridgehead atoms. The molecule has 0 radical (unpaired) electrons. The maximum Gasteiger partial charge on any atom is 0.272 e. The summed E-state index contributed by atoms with van der Waals surface area (Å²) in [6, 6.07) is 3.89. The molecule has 1 aliphatic carbocycles. The zero-order valence-corrected chi connectivity index (χ0v) is 9.65. The van der Waals surface area contributed by atoms with Gasteiger partial charge >= 0.3 is 0 Å². The van der Waals surface area contributed by atoms with Crippen molar-refractivity contribution in [2.75, 3.05) is 5.32 Å². The Morgan fingerprint density at radius 2 is 2.29 bits per heavy atom. The van der Waals surface area contributed by atoms with Crippen LogP contribution in [0, 0.1) is 21.8 Å². The smallest absolute Gasteiger partial charge is 0.272 e. The van der Waals surface area contributed by atoms with Crippen LogP contribution in [0.5, 0.6) is 0 Å². The molecule has 1 fully saturated rings. The van der Waals surface area contributed by atoms with Gasteiger partial charge in [0.2, 0.25) is 0 Å². The van der Waals surface area contributed by atoms with Crippen LogP contribution >= 0.6 is 0 Å². The molecule has 1 N–H and O–H groups in total. The molecule has 92 valence electrons. The Labute approximate surface area is 99.0 Å². The number of non-ortho nitro benzene ring substituents is 1. The maximum atomic E-state index is 13.6. The second kappa shape index (κ2) is 4.69. The van der Waals surface area contributed by atoms with Gasteiger partial charge in [-0.2, -0.15) is 0 Å². The minimum Gasteiger partial charge on any atom is -0.380 e. The molecule has 1 aromatic rings. The normalized spacial score (nSPS) is 16.6. The van der Waals surface area contributed by atoms with E-state index in [1.807, 2.05) is 6.92 Å². The molecule has 0 aliphatic heterocycles. The van der Waals surface area contributed by atoms with E-state index in [2.05, 4.69) is 5.32 Å². The van der Waals surface area contributed by atoms with E-state index in [0.717, 1.165) is 18.4 Å². The zero-order chi connectivity index (χ0) is 12.4. The third-order valence-corrected chi connectivity index (χ3v) is 2.95. The molecule has 1 saturated carbocycles. The fraction of sp³-hybridized carbons (Fsp3) is 0.500. The molecule has 0 spiro atoms. The molecule has 1 aromatic carbocycles. The Hall–Kier alpha value is -1.65. The van der Waals surface area contributed by atoms with Crippen LogP contribution in [-0.4, -0.2) is 11.0 Å². The predicted molar refractivity (Wildman–Crippen MR) is 63.5 cm³/mol. The highest BCUT2D eigenvalue weighted by atomic mass is 19.1. The summed E-state index contributed by atoms with van der Waals surface area (Å²) in [5.74, 6) is 0.195. The first-order valence-electron chi connectivity index (χ1n) is 5.76. The molecule has 0 aromatic heterocycles. The first-order chi connectivity index (χ1) is 8.06. The maximum absolute atomic E-state index is 13.6. The number of hydrogen-bond acceptors (Lipinski definition) is 3. The molecule has 1 atom stereocenters. The number of benzene rings is 1. The van der Waals surface area contributed by atoms with E-state index in [1.54, 1.807) is 0 Å². The van der Waals surface area contributed by atoms with Gasteiger partial charge in [0.15, 0.2) is 5.82 Å². The molecule has 5 heteroatoms. The number of nitrogens with one attached hydrogen (secondary N) is 1. The Morgan fingerprint density at radius 1 is 1.59 bits per heavy atom. The third kappa shape index (κ3) is 3.15. The second-order valence-corrected chi connectivity index (χ2v) is 4.65. The number of halogens is 1. The summed E-state index contributed by atoms with van der Waals surface area (Å²) in [7, 11) is 0. The highest BCUT2D eigenvalue weighted by molar-refractivity contribution is 5.50. The summed E-state index contributed by atoms with van der Waals surface area (Å²) in [5.41, 5.74) is 0.117. The largest absolute Gasteiger partial charge is 0.380 e. The third-order valence-electron chi connectivity index (χ3n) is 2.95. The minimum atomic E-state index is -0.597. The molecule has 2 rings (SSSR count). The van der Waals surface area contributed by atoms with Crippen LogP contribution in [0.4, 0.5) is 15.8 Å². The molecule has 0 amide bonds. The molecular formula is C12H15FN2O2. The van der Waals surface area contributed by atoms with Crippen LogP contribution in [0.2, 0.25) is 0 Å². The zero-order valence-electron chi connectivity index (χ0n) is 9.65. The molecule has 0 heterocycles. The van der Waals surface area contributed by atoms with Gasteiger partial charge in [-0.05, 0) is 25.3 Å². The highest BCUT2D eigenvalue weighted by Crippen LogP contribution is 2.34. The molecular weight excluding hydrogens is 223 g/mol. The average Bonchev–Trinajstić information content (AvgIpc) is 3.04. The van der Waals surface area contributed by atoms with Gasteiger partial charge in [-0.1, -0.05) is 12.8 Å². The van der Waals surface area contributed by atoms with E-state index in [9.17, 15) is 14.5 Å². The fourth-order valence-electron chi connectivity index (χ4n) is 1.91. The Kier molecular flexibility index (Phi) is 3.26. The van der Waals surface area contributed by atoms with Crippen molar-refractivity contribution in [1.29, 1.82) is 0 Å². The monoisotopic (exact) mass is 238 g/mol. The quantitative estimate of drug-likeness (QED) is 0.632. The molecule has 1 aliphatic rings. The molecule has 0 saturated heterocycles. The Bertz CT molecular complexity index is 433. The van der Waals surface area contributed by atoms with Crippen LogP contribution < -0.4 is 5.32 Å². The van der Waals surface area contributed by atoms with Crippen LogP contribution in [0.3, 0.4) is 0 Å². The molecule has 1 unspecified atom stereocenters. The second-order valence-electron chi connectivity index (χ2n) is 4.65. The van der Waals surface area contributed by atoms with Crippen LogP contribution in [0.25, 0.3) is 0 Å². The Balaban J connectivity index is 2.02. The van der Waals surface area contributed by atoms with Crippen molar-refractivity contribution in [3.63, 3.8) is 0 Å². The topological polar surface area (TPSA) is 55.2 Å². The number of nitro groups is 1. The lowest BCUT2D eigenvalue weighted by Gasteiger charge is -2.15. The number of anilines is 1. The summed E-state index contributed by atoms with van der Waals surface area (Å²) in [6.45, 7) is 2.00. The van der Waals surface area contributed by atoms with Gasteiger partial charge in [-0.25, -0.2) is 4.39 Å². The lowest BCUT2D eigenvalue weighted by Crippen LogP contribution is -2.16. The fourth-order valence-corrected chi connectivity index (χ4v) is 1.91. The SMILES string of the molecule is CC(CC1CC1)Nc1ccc([N+](=O)[O-])cc1F. The van der Waals surface area contributed by atoms with E-state index in [4.69, 9.17) is 0 Å². The van der Waals surface area contributed by atoms with Crippen molar-refractivity contribution in [3.8, 4) is 0 Å². The van der Waals surface area contributed by atoms with E-state index >= 15 is 0 Å². The van der Waals surface area contributed by atoms with Crippen molar-refractivity contribution in [1.82, 2.24) is 0 Å². The first kappa shape index (κ1) is 11.8. The summed E-state index contributed by atoms with van der Waals surface area (Å²) < 4.78 is 13.6. The van der Waals surface area contributed by atoms with E-state index in [0.29, 0.717) is 5.69 Å². The van der Waals surface area contributed by atoms with Crippen LogP contribution in [0.1, 0.15) is 26.2 Å². The predicted octanol–water partition coefficient (Wildman–Crippen LogP) is 3.33. The van der Waals surface area contributed by atoms with Gasteiger partial charge < -0.3 is 5.32 Å². The minimum absolute atomic E-state index is 0.193. The van der Waals surface area contributed by atoms with E-state index in [1.165, 1.54) is 25.0 Å². The van der Waals surface area contributed by atoms with Gasteiger partial charge in [-0.15, -0.1) is 0 Å². The highest BCUT2D eigenvalue weighted by Gasteiger charge is 2.24. The Morgan fingerprint density at radius 3 is 2.82 bits per heavy atom. The van der Waals surface area contributed by atoms with Crippen molar-refractivity contribution in [2.45, 2.75) is 32.2 Å². The summed E-state index contributed by atoms with van der Waals surface area (Å²) in [5, 5.41) is 13.5. The summed E-state index contributed by atoms with van der Waals surface area (Å²) in [6.07, 6.45) is 3.54. The van der Waals surface area contributed by atoms with Crippen molar-refractivity contribution < 1.29 is 9.31 Å². The summed E-state index contributed by atoms with van der Waals surface area (Å²) >= 11 is 0. The van der Waals surface area contributed by atoms with Gasteiger partial charge in [0.05, 0.1) is 16.7 Å². The number of nitrogens with zero attached hydrogens (tertiary/aromatic N) is 1. The molecule has 17 heavy (non-hydrogen) atoms. The number of rotatable bonds is 5. The average molecular weight is 238 g/mol.